The van der Waals surface area contributed by atoms with Crippen LogP contribution in [0.3, 0.4) is 0 Å². The summed E-state index contributed by atoms with van der Waals surface area (Å²) in [6, 6.07) is 12.8. The first-order chi connectivity index (χ1) is 21.5. The molecule has 0 unspecified atom stereocenters. The second-order valence-electron chi connectivity index (χ2n) is 11.9. The molecule has 1 amide bonds. The van der Waals surface area contributed by atoms with E-state index in [1.807, 2.05) is 24.3 Å². The molecular formula is C32H38N6O6S. The van der Waals surface area contributed by atoms with Crippen LogP contribution in [0.2, 0.25) is 0 Å². The topological polar surface area (TPSA) is 137 Å². The lowest BCUT2D eigenvalue weighted by Crippen LogP contribution is -2.37. The van der Waals surface area contributed by atoms with Crippen molar-refractivity contribution >= 4 is 38.2 Å². The molecule has 45 heavy (non-hydrogen) atoms. The minimum absolute atomic E-state index is 0.0884. The Kier molecular flexibility index (Phi) is 8.42. The molecule has 0 atom stereocenters. The highest BCUT2D eigenvalue weighted by atomic mass is 32.2. The third-order valence-electron chi connectivity index (χ3n) is 8.44. The number of nitrogens with one attached hydrogen (secondary N) is 2. The maximum absolute atomic E-state index is 13.8. The van der Waals surface area contributed by atoms with E-state index < -0.39 is 10.0 Å². The number of anilines is 2. The normalized spacial score (nSPS) is 16.4. The third-order valence-corrected chi connectivity index (χ3v) is 9.03. The molecule has 2 aromatic heterocycles. The summed E-state index contributed by atoms with van der Waals surface area (Å²) in [7, 11) is -0.350. The molecule has 1 aliphatic heterocycles. The summed E-state index contributed by atoms with van der Waals surface area (Å²) >= 11 is 0. The number of hydrogen-bond donors (Lipinski definition) is 2. The molecule has 4 aromatic rings. The van der Waals surface area contributed by atoms with Crippen molar-refractivity contribution in [2.75, 3.05) is 56.3 Å². The Morgan fingerprint density at radius 1 is 1.11 bits per heavy atom. The van der Waals surface area contributed by atoms with Crippen LogP contribution in [0.5, 0.6) is 17.4 Å². The van der Waals surface area contributed by atoms with E-state index in [4.69, 9.17) is 14.2 Å². The molecule has 12 nitrogen and oxygen atoms in total. The van der Waals surface area contributed by atoms with Crippen LogP contribution in [0.25, 0.3) is 10.9 Å². The van der Waals surface area contributed by atoms with Gasteiger partial charge < -0.3 is 24.1 Å². The third kappa shape index (κ3) is 6.90. The van der Waals surface area contributed by atoms with Crippen LogP contribution in [0.1, 0.15) is 41.6 Å². The zero-order chi connectivity index (χ0) is 31.8. The number of benzene rings is 2. The van der Waals surface area contributed by atoms with E-state index >= 15 is 0 Å². The number of ether oxygens (including phenoxy) is 3. The van der Waals surface area contributed by atoms with Gasteiger partial charge in [0.1, 0.15) is 11.5 Å². The molecule has 1 saturated carbocycles. The van der Waals surface area contributed by atoms with Crippen molar-refractivity contribution in [1.29, 1.82) is 0 Å². The minimum Gasteiger partial charge on any atom is -0.492 e. The average Bonchev–Trinajstić information content (AvgIpc) is 3.67. The van der Waals surface area contributed by atoms with Crippen LogP contribution < -0.4 is 19.5 Å². The fraction of sp³-hybridized carbons (Fsp3) is 0.406. The lowest BCUT2D eigenvalue weighted by atomic mass is 9.96. The summed E-state index contributed by atoms with van der Waals surface area (Å²) in [6.45, 7) is 6.24. The molecule has 2 fully saturated rings. The SMILES string of the molecule is COc1c(NC(=O)c2cc3cccc(Oc4ccnc(CCN5CCOCC5)n4)c3n2C)cc(C2(C)CC2)cc1NS(C)(=O)=O. The monoisotopic (exact) mass is 634 g/mol. The molecule has 0 radical (unpaired) electrons. The molecule has 1 saturated heterocycles. The fourth-order valence-corrected chi connectivity index (χ4v) is 6.21. The van der Waals surface area contributed by atoms with Gasteiger partial charge in [-0.1, -0.05) is 19.1 Å². The number of rotatable bonds is 11. The van der Waals surface area contributed by atoms with E-state index in [9.17, 15) is 13.2 Å². The van der Waals surface area contributed by atoms with Gasteiger partial charge in [0, 0.05) is 50.8 Å². The van der Waals surface area contributed by atoms with Crippen LogP contribution in [0.4, 0.5) is 11.4 Å². The maximum Gasteiger partial charge on any atom is 0.272 e. The molecule has 13 heteroatoms. The zero-order valence-corrected chi connectivity index (χ0v) is 26.7. The highest BCUT2D eigenvalue weighted by Gasteiger charge is 2.40. The number of nitrogens with zero attached hydrogens (tertiary/aromatic N) is 4. The fourth-order valence-electron chi connectivity index (χ4n) is 5.66. The Bertz CT molecular complexity index is 1850. The molecule has 2 aliphatic rings. The van der Waals surface area contributed by atoms with Gasteiger partial charge in [-0.25, -0.2) is 13.4 Å². The van der Waals surface area contributed by atoms with Gasteiger partial charge in [0.25, 0.3) is 5.91 Å². The van der Waals surface area contributed by atoms with Crippen LogP contribution >= 0.6 is 0 Å². The van der Waals surface area contributed by atoms with Gasteiger partial charge in [-0.15, -0.1) is 0 Å². The molecule has 2 aromatic carbocycles. The van der Waals surface area contributed by atoms with Gasteiger partial charge in [0.15, 0.2) is 11.5 Å². The smallest absolute Gasteiger partial charge is 0.272 e. The van der Waals surface area contributed by atoms with Gasteiger partial charge >= 0.3 is 0 Å². The number of fused-ring (bicyclic) bond motifs is 1. The predicted octanol–water partition coefficient (Wildman–Crippen LogP) is 4.32. The summed E-state index contributed by atoms with van der Waals surface area (Å²) in [5, 5.41) is 3.78. The van der Waals surface area contributed by atoms with Gasteiger partial charge in [0.2, 0.25) is 15.9 Å². The first-order valence-electron chi connectivity index (χ1n) is 14.9. The Morgan fingerprint density at radius 3 is 2.58 bits per heavy atom. The maximum atomic E-state index is 13.8. The number of aromatic nitrogens is 3. The number of aryl methyl sites for hydroxylation is 1. The molecule has 6 rings (SSSR count). The second kappa shape index (κ2) is 12.3. The lowest BCUT2D eigenvalue weighted by Gasteiger charge is -2.26. The molecular weight excluding hydrogens is 596 g/mol. The van der Waals surface area contributed by atoms with E-state index in [1.165, 1.54) is 7.11 Å². The minimum atomic E-state index is -3.59. The van der Waals surface area contributed by atoms with Crippen LogP contribution in [0.15, 0.2) is 48.7 Å². The number of carbonyl (C=O) groups is 1. The number of morpholine rings is 1. The predicted molar refractivity (Wildman–Crippen MR) is 172 cm³/mol. The summed E-state index contributed by atoms with van der Waals surface area (Å²) in [5.41, 5.74) is 2.61. The Hall–Kier alpha value is -4.20. The summed E-state index contributed by atoms with van der Waals surface area (Å²) in [6.07, 6.45) is 5.41. The number of methoxy groups -OCH3 is 1. The van der Waals surface area contributed by atoms with Crippen molar-refractivity contribution in [3.63, 3.8) is 0 Å². The molecule has 238 valence electrons. The van der Waals surface area contributed by atoms with Crippen molar-refractivity contribution < 1.29 is 27.4 Å². The molecule has 2 N–H and O–H groups in total. The Balaban J connectivity index is 1.26. The van der Waals surface area contributed by atoms with Gasteiger partial charge in [-0.05, 0) is 48.1 Å². The highest BCUT2D eigenvalue weighted by molar-refractivity contribution is 7.92. The Morgan fingerprint density at radius 2 is 1.87 bits per heavy atom. The van der Waals surface area contributed by atoms with Crippen molar-refractivity contribution in [2.45, 2.75) is 31.6 Å². The standard InChI is InChI=1S/C32H38N6O6S/c1-32(10-11-32)22-19-23(30(42-3)24(20-22)36-45(4,40)41)34-31(39)25-18-21-6-5-7-26(29(21)37(25)2)44-28-8-12-33-27(35-28)9-13-38-14-16-43-17-15-38/h5-8,12,18-20,36H,9-11,13-17H2,1-4H3,(H,34,39). The Labute approximate surface area is 262 Å². The van der Waals surface area contributed by atoms with Crippen molar-refractivity contribution in [3.05, 3.63) is 65.7 Å². The molecule has 1 aliphatic carbocycles. The van der Waals surface area contributed by atoms with Crippen molar-refractivity contribution in [1.82, 2.24) is 19.4 Å². The summed E-state index contributed by atoms with van der Waals surface area (Å²) in [5.74, 6) is 1.51. The largest absolute Gasteiger partial charge is 0.492 e. The van der Waals surface area contributed by atoms with Crippen LogP contribution in [-0.4, -0.2) is 80.0 Å². The average molecular weight is 635 g/mol. The van der Waals surface area contributed by atoms with Gasteiger partial charge in [0.05, 0.1) is 43.5 Å². The second-order valence-corrected chi connectivity index (χ2v) is 13.6. The number of hydrogen-bond acceptors (Lipinski definition) is 9. The summed E-state index contributed by atoms with van der Waals surface area (Å²) in [4.78, 5) is 25.1. The van der Waals surface area contributed by atoms with Crippen molar-refractivity contribution in [3.8, 4) is 17.4 Å². The van der Waals surface area contributed by atoms with E-state index in [0.717, 1.165) is 68.4 Å². The first kappa shape index (κ1) is 30.8. The molecule has 3 heterocycles. The van der Waals surface area contributed by atoms with E-state index in [0.29, 0.717) is 35.3 Å². The number of para-hydroxylation sites is 1. The van der Waals surface area contributed by atoms with Crippen LogP contribution in [-0.2, 0) is 33.6 Å². The quantitative estimate of drug-likeness (QED) is 0.247. The van der Waals surface area contributed by atoms with Gasteiger partial charge in [-0.3, -0.25) is 14.4 Å². The summed E-state index contributed by atoms with van der Waals surface area (Å²) < 4.78 is 45.9. The highest BCUT2D eigenvalue weighted by Crippen LogP contribution is 2.51. The van der Waals surface area contributed by atoms with E-state index in [1.54, 1.807) is 36.0 Å². The van der Waals surface area contributed by atoms with Crippen LogP contribution in [0, 0.1) is 0 Å². The zero-order valence-electron chi connectivity index (χ0n) is 25.9. The molecule has 0 bridgehead atoms. The molecule has 0 spiro atoms. The lowest BCUT2D eigenvalue weighted by molar-refractivity contribution is 0.0382. The van der Waals surface area contributed by atoms with E-state index in [-0.39, 0.29) is 22.8 Å². The van der Waals surface area contributed by atoms with E-state index in [2.05, 4.69) is 31.8 Å². The number of amides is 1. The number of carbonyl (C=O) groups excluding carboxylic acids is 1. The number of sulfonamides is 1. The van der Waals surface area contributed by atoms with Gasteiger partial charge in [-0.2, -0.15) is 4.98 Å². The van der Waals surface area contributed by atoms with Crippen molar-refractivity contribution in [2.24, 2.45) is 7.05 Å². The first-order valence-corrected chi connectivity index (χ1v) is 16.8.